The normalized spacial score (nSPS) is 19.4. The van der Waals surface area contributed by atoms with Crippen LogP contribution >= 0.6 is 22.9 Å². The molecule has 1 nitrogen and oxygen atoms in total. The molecule has 2 unspecified atom stereocenters. The van der Waals surface area contributed by atoms with Crippen LogP contribution in [0.5, 0.6) is 5.75 Å². The molecule has 1 aliphatic rings. The highest BCUT2D eigenvalue weighted by atomic mass is 35.5. The number of hydrogen-bond donors (Lipinski definition) is 0. The lowest BCUT2D eigenvalue weighted by Gasteiger charge is -2.11. The maximum atomic E-state index is 6.58. The van der Waals surface area contributed by atoms with Crippen LogP contribution in [-0.4, -0.2) is 6.10 Å². The molecule has 94 valence electrons. The topological polar surface area (TPSA) is 9.23 Å². The van der Waals surface area contributed by atoms with E-state index in [-0.39, 0.29) is 11.5 Å². The number of benzene rings is 1. The lowest BCUT2D eigenvalue weighted by Crippen LogP contribution is -2.05. The van der Waals surface area contributed by atoms with Crippen molar-refractivity contribution in [1.82, 2.24) is 0 Å². The number of halogens is 1. The van der Waals surface area contributed by atoms with E-state index in [2.05, 4.69) is 36.7 Å². The third-order valence-corrected chi connectivity index (χ3v) is 4.75. The molecule has 0 saturated carbocycles. The van der Waals surface area contributed by atoms with Crippen molar-refractivity contribution < 1.29 is 4.74 Å². The third kappa shape index (κ3) is 2.04. The number of fused-ring (bicyclic) bond motifs is 1. The van der Waals surface area contributed by atoms with Gasteiger partial charge in [-0.1, -0.05) is 12.1 Å². The van der Waals surface area contributed by atoms with E-state index in [0.717, 1.165) is 17.7 Å². The molecular weight excluding hydrogens is 264 g/mol. The molecule has 1 aromatic heterocycles. The van der Waals surface area contributed by atoms with Crippen LogP contribution in [0, 0.1) is 6.92 Å². The summed E-state index contributed by atoms with van der Waals surface area (Å²) in [5.41, 5.74) is 4.92. The van der Waals surface area contributed by atoms with E-state index in [9.17, 15) is 0 Å². The summed E-state index contributed by atoms with van der Waals surface area (Å²) in [6.45, 7) is 4.21. The van der Waals surface area contributed by atoms with Crippen LogP contribution in [0.4, 0.5) is 0 Å². The second-order valence-electron chi connectivity index (χ2n) is 4.87. The summed E-state index contributed by atoms with van der Waals surface area (Å²) in [6.07, 6.45) is 1.27. The van der Waals surface area contributed by atoms with Crippen molar-refractivity contribution in [3.63, 3.8) is 0 Å². The predicted molar refractivity (Wildman–Crippen MR) is 77.0 cm³/mol. The summed E-state index contributed by atoms with van der Waals surface area (Å²) in [5, 5.41) is 4.22. The van der Waals surface area contributed by atoms with Gasteiger partial charge in [-0.3, -0.25) is 0 Å². The number of alkyl halides is 1. The minimum Gasteiger partial charge on any atom is -0.490 e. The zero-order valence-electron chi connectivity index (χ0n) is 10.4. The molecule has 1 aliphatic heterocycles. The Kier molecular flexibility index (Phi) is 3.08. The van der Waals surface area contributed by atoms with Crippen LogP contribution in [0.3, 0.4) is 0 Å². The Morgan fingerprint density at radius 1 is 1.39 bits per heavy atom. The van der Waals surface area contributed by atoms with Crippen molar-refractivity contribution in [3.05, 3.63) is 51.2 Å². The summed E-state index contributed by atoms with van der Waals surface area (Å²) < 4.78 is 5.71. The molecule has 0 aliphatic carbocycles. The molecule has 0 fully saturated rings. The van der Waals surface area contributed by atoms with E-state index in [1.807, 2.05) is 6.07 Å². The van der Waals surface area contributed by atoms with E-state index < -0.39 is 0 Å². The first-order valence-electron chi connectivity index (χ1n) is 6.11. The minimum atomic E-state index is -0.0579. The maximum Gasteiger partial charge on any atom is 0.123 e. The van der Waals surface area contributed by atoms with Crippen molar-refractivity contribution in [2.24, 2.45) is 0 Å². The Morgan fingerprint density at radius 2 is 2.22 bits per heavy atom. The fraction of sp³-hybridized carbons (Fsp3) is 0.333. The second kappa shape index (κ2) is 4.60. The van der Waals surface area contributed by atoms with Crippen molar-refractivity contribution in [3.8, 4) is 5.75 Å². The van der Waals surface area contributed by atoms with Gasteiger partial charge >= 0.3 is 0 Å². The van der Waals surface area contributed by atoms with Crippen LogP contribution in [0.25, 0.3) is 0 Å². The van der Waals surface area contributed by atoms with E-state index in [0.29, 0.717) is 0 Å². The molecule has 2 atom stereocenters. The Bertz CT molecular complexity index is 576. The van der Waals surface area contributed by atoms with Gasteiger partial charge in [0, 0.05) is 6.42 Å². The lowest BCUT2D eigenvalue weighted by molar-refractivity contribution is 0.254. The van der Waals surface area contributed by atoms with Crippen molar-refractivity contribution in [2.75, 3.05) is 0 Å². The van der Waals surface area contributed by atoms with Crippen LogP contribution in [0.1, 0.15) is 34.6 Å². The molecule has 0 amide bonds. The highest BCUT2D eigenvalue weighted by Gasteiger charge is 2.21. The van der Waals surface area contributed by atoms with Gasteiger partial charge in [0.05, 0.1) is 5.38 Å². The van der Waals surface area contributed by atoms with E-state index in [1.54, 1.807) is 11.3 Å². The molecule has 0 bridgehead atoms. The second-order valence-corrected chi connectivity index (χ2v) is 6.05. The van der Waals surface area contributed by atoms with E-state index in [1.165, 1.54) is 16.7 Å². The number of thiophene rings is 1. The number of aryl methyl sites for hydroxylation is 1. The minimum absolute atomic E-state index is 0.0579. The van der Waals surface area contributed by atoms with Gasteiger partial charge in [0.25, 0.3) is 0 Å². The fourth-order valence-corrected chi connectivity index (χ4v) is 3.73. The zero-order chi connectivity index (χ0) is 12.7. The smallest absolute Gasteiger partial charge is 0.123 e. The molecule has 0 saturated heterocycles. The molecule has 3 rings (SSSR count). The molecule has 18 heavy (non-hydrogen) atoms. The first kappa shape index (κ1) is 12.1. The van der Waals surface area contributed by atoms with Gasteiger partial charge in [0.15, 0.2) is 0 Å². The molecule has 2 aromatic rings. The van der Waals surface area contributed by atoms with Gasteiger partial charge < -0.3 is 4.74 Å². The summed E-state index contributed by atoms with van der Waals surface area (Å²) in [7, 11) is 0. The largest absolute Gasteiger partial charge is 0.490 e. The maximum absolute atomic E-state index is 6.58. The summed E-state index contributed by atoms with van der Waals surface area (Å²) in [5.74, 6) is 1.01. The number of rotatable bonds is 2. The molecule has 0 radical (unpaired) electrons. The lowest BCUT2D eigenvalue weighted by atomic mass is 10.0. The highest BCUT2D eigenvalue weighted by Crippen LogP contribution is 2.37. The van der Waals surface area contributed by atoms with Gasteiger partial charge in [0.1, 0.15) is 11.9 Å². The van der Waals surface area contributed by atoms with Gasteiger partial charge in [-0.2, -0.15) is 11.3 Å². The predicted octanol–water partition coefficient (Wildman–Crippen LogP) is 4.71. The van der Waals surface area contributed by atoms with Crippen molar-refractivity contribution in [2.45, 2.75) is 31.7 Å². The molecular formula is C15H15ClOS. The van der Waals surface area contributed by atoms with Gasteiger partial charge in [0.2, 0.25) is 0 Å². The first-order valence-corrected chi connectivity index (χ1v) is 7.49. The van der Waals surface area contributed by atoms with Crippen molar-refractivity contribution in [1.29, 1.82) is 0 Å². The van der Waals surface area contributed by atoms with E-state index in [4.69, 9.17) is 16.3 Å². The molecule has 0 spiro atoms. The van der Waals surface area contributed by atoms with Gasteiger partial charge in [-0.25, -0.2) is 0 Å². The first-order chi connectivity index (χ1) is 8.65. The average Bonchev–Trinajstić information content (AvgIpc) is 2.91. The van der Waals surface area contributed by atoms with E-state index >= 15 is 0 Å². The van der Waals surface area contributed by atoms with Gasteiger partial charge in [-0.05, 0) is 52.9 Å². The molecule has 1 aromatic carbocycles. The van der Waals surface area contributed by atoms with Crippen LogP contribution in [-0.2, 0) is 6.42 Å². The highest BCUT2D eigenvalue weighted by molar-refractivity contribution is 7.08. The van der Waals surface area contributed by atoms with Gasteiger partial charge in [-0.15, -0.1) is 11.6 Å². The van der Waals surface area contributed by atoms with Crippen LogP contribution in [0.2, 0.25) is 0 Å². The Morgan fingerprint density at radius 3 is 2.94 bits per heavy atom. The summed E-state index contributed by atoms with van der Waals surface area (Å²) >= 11 is 8.29. The molecule has 3 heteroatoms. The molecule has 0 N–H and O–H groups in total. The van der Waals surface area contributed by atoms with Crippen LogP contribution in [0.15, 0.2) is 29.0 Å². The Balaban J connectivity index is 1.94. The monoisotopic (exact) mass is 278 g/mol. The number of hydrogen-bond acceptors (Lipinski definition) is 2. The Labute approximate surface area is 116 Å². The summed E-state index contributed by atoms with van der Waals surface area (Å²) in [4.78, 5) is 0. The number of ether oxygens (including phenoxy) is 1. The van der Waals surface area contributed by atoms with Crippen molar-refractivity contribution >= 4 is 22.9 Å². The molecule has 2 heterocycles. The van der Waals surface area contributed by atoms with Crippen LogP contribution < -0.4 is 4.74 Å². The summed E-state index contributed by atoms with van der Waals surface area (Å²) in [6, 6.07) is 6.31. The Hall–Kier alpha value is -0.990. The standard InChI is InChI=1S/C15H15ClOS/c1-9-7-18-8-13(9)15(16)11-3-4-14-12(6-11)5-10(2)17-14/h3-4,6-8,10,15H,5H2,1-2H3. The SMILES string of the molecule is Cc1cscc1C(Cl)c1ccc2c(c1)CC(C)O2. The third-order valence-electron chi connectivity index (χ3n) is 3.38. The average molecular weight is 279 g/mol. The zero-order valence-corrected chi connectivity index (χ0v) is 12.0. The quantitative estimate of drug-likeness (QED) is 0.723. The fourth-order valence-electron chi connectivity index (χ4n) is 2.41.